The van der Waals surface area contributed by atoms with Gasteiger partial charge in [0.15, 0.2) is 0 Å². The van der Waals surface area contributed by atoms with Crippen LogP contribution in [0.3, 0.4) is 0 Å². The Bertz CT molecular complexity index is 245. The maximum absolute atomic E-state index is 5.52. The lowest BCUT2D eigenvalue weighted by molar-refractivity contribution is -0.314. The van der Waals surface area contributed by atoms with Crippen LogP contribution in [0.2, 0.25) is 0 Å². The normalized spacial score (nSPS) is 28.9. The van der Waals surface area contributed by atoms with Crippen molar-refractivity contribution in [2.24, 2.45) is 0 Å². The Balaban J connectivity index is 1.41. The number of rotatable bonds is 12. The summed E-state index contributed by atoms with van der Waals surface area (Å²) in [5.41, 5.74) is -0.0971. The summed E-state index contributed by atoms with van der Waals surface area (Å²) in [5.74, 6) is 0. The molecule has 0 saturated carbocycles. The fourth-order valence-corrected chi connectivity index (χ4v) is 3.22. The van der Waals surface area contributed by atoms with E-state index in [0.29, 0.717) is 6.10 Å². The van der Waals surface area contributed by atoms with Gasteiger partial charge in [-0.15, -0.1) is 0 Å². The molecule has 0 N–H and O–H groups in total. The SMILES string of the molecule is CCCCCCCCCCCCC1(C2CO2)CCOO1. The molecule has 0 amide bonds. The van der Waals surface area contributed by atoms with Crippen molar-refractivity contribution in [3.05, 3.63) is 0 Å². The molecule has 0 radical (unpaired) electrons. The molecule has 0 aromatic rings. The molecule has 2 aliphatic heterocycles. The van der Waals surface area contributed by atoms with Crippen molar-refractivity contribution in [3.8, 4) is 0 Å². The van der Waals surface area contributed by atoms with Crippen molar-refractivity contribution >= 4 is 0 Å². The molecule has 0 aromatic carbocycles. The molecule has 2 aliphatic rings. The number of hydrogen-bond acceptors (Lipinski definition) is 3. The van der Waals surface area contributed by atoms with E-state index in [1.54, 1.807) is 0 Å². The van der Waals surface area contributed by atoms with Crippen LogP contribution >= 0.6 is 0 Å². The van der Waals surface area contributed by atoms with Crippen LogP contribution in [0.25, 0.3) is 0 Å². The van der Waals surface area contributed by atoms with Crippen LogP contribution in [-0.4, -0.2) is 24.9 Å². The van der Waals surface area contributed by atoms with E-state index in [9.17, 15) is 0 Å². The van der Waals surface area contributed by atoms with Gasteiger partial charge >= 0.3 is 0 Å². The van der Waals surface area contributed by atoms with Crippen LogP contribution in [0.4, 0.5) is 0 Å². The van der Waals surface area contributed by atoms with Gasteiger partial charge in [-0.25, -0.2) is 9.78 Å². The molecule has 3 nitrogen and oxygen atoms in total. The van der Waals surface area contributed by atoms with Crippen LogP contribution in [0.15, 0.2) is 0 Å². The molecule has 0 aliphatic carbocycles. The first-order valence-corrected chi connectivity index (χ1v) is 8.79. The maximum atomic E-state index is 5.52. The molecule has 0 spiro atoms. The summed E-state index contributed by atoms with van der Waals surface area (Å²) in [5, 5.41) is 0. The summed E-state index contributed by atoms with van der Waals surface area (Å²) < 4.78 is 5.43. The molecule has 2 saturated heterocycles. The van der Waals surface area contributed by atoms with Gasteiger partial charge in [-0.1, -0.05) is 71.1 Å². The van der Waals surface area contributed by atoms with Crippen LogP contribution in [0, 0.1) is 0 Å². The number of ether oxygens (including phenoxy) is 1. The first-order chi connectivity index (χ1) is 9.87. The summed E-state index contributed by atoms with van der Waals surface area (Å²) in [4.78, 5) is 10.6. The largest absolute Gasteiger partial charge is 0.370 e. The Morgan fingerprint density at radius 3 is 2.00 bits per heavy atom. The van der Waals surface area contributed by atoms with E-state index >= 15 is 0 Å². The first-order valence-electron chi connectivity index (χ1n) is 8.79. The van der Waals surface area contributed by atoms with Crippen molar-refractivity contribution in [1.29, 1.82) is 0 Å². The van der Waals surface area contributed by atoms with E-state index in [1.165, 1.54) is 64.2 Å². The van der Waals surface area contributed by atoms with Crippen LogP contribution in [0.1, 0.15) is 84.0 Å². The zero-order valence-corrected chi connectivity index (χ0v) is 13.2. The summed E-state index contributed by atoms with van der Waals surface area (Å²) in [6, 6.07) is 0. The molecule has 2 atom stereocenters. The minimum absolute atomic E-state index is 0.0971. The summed E-state index contributed by atoms with van der Waals surface area (Å²) in [6.45, 7) is 3.87. The van der Waals surface area contributed by atoms with Gasteiger partial charge in [0.25, 0.3) is 0 Å². The van der Waals surface area contributed by atoms with E-state index in [1.807, 2.05) is 0 Å². The maximum Gasteiger partial charge on any atom is 0.134 e. The van der Waals surface area contributed by atoms with Crippen molar-refractivity contribution < 1.29 is 14.5 Å². The highest BCUT2D eigenvalue weighted by Crippen LogP contribution is 2.39. The van der Waals surface area contributed by atoms with E-state index in [-0.39, 0.29) is 5.60 Å². The lowest BCUT2D eigenvalue weighted by atomic mass is 9.90. The van der Waals surface area contributed by atoms with Crippen LogP contribution < -0.4 is 0 Å². The third kappa shape index (κ3) is 5.34. The van der Waals surface area contributed by atoms with Gasteiger partial charge in [0.05, 0.1) is 13.2 Å². The van der Waals surface area contributed by atoms with E-state index in [4.69, 9.17) is 14.5 Å². The lowest BCUT2D eigenvalue weighted by Crippen LogP contribution is -2.34. The highest BCUT2D eigenvalue weighted by atomic mass is 17.2. The van der Waals surface area contributed by atoms with E-state index in [0.717, 1.165) is 26.1 Å². The van der Waals surface area contributed by atoms with Crippen molar-refractivity contribution in [1.82, 2.24) is 0 Å². The zero-order chi connectivity index (χ0) is 14.1. The van der Waals surface area contributed by atoms with Gasteiger partial charge in [0.1, 0.15) is 11.7 Å². The fourth-order valence-electron chi connectivity index (χ4n) is 3.22. The number of epoxide rings is 1. The Labute approximate surface area is 124 Å². The summed E-state index contributed by atoms with van der Waals surface area (Å²) >= 11 is 0. The highest BCUT2D eigenvalue weighted by molar-refractivity contribution is 4.96. The molecule has 0 bridgehead atoms. The van der Waals surface area contributed by atoms with Gasteiger partial charge in [0, 0.05) is 6.42 Å². The van der Waals surface area contributed by atoms with Crippen molar-refractivity contribution in [3.63, 3.8) is 0 Å². The van der Waals surface area contributed by atoms with Gasteiger partial charge in [0.2, 0.25) is 0 Å². The molecule has 2 rings (SSSR count). The van der Waals surface area contributed by atoms with Gasteiger partial charge in [-0.2, -0.15) is 0 Å². The Morgan fingerprint density at radius 2 is 1.50 bits per heavy atom. The third-order valence-electron chi connectivity index (χ3n) is 4.71. The molecule has 2 unspecified atom stereocenters. The topological polar surface area (TPSA) is 31.0 Å². The minimum Gasteiger partial charge on any atom is -0.370 e. The van der Waals surface area contributed by atoms with Crippen molar-refractivity contribution in [2.75, 3.05) is 13.2 Å². The monoisotopic (exact) mass is 284 g/mol. The smallest absolute Gasteiger partial charge is 0.134 e. The summed E-state index contributed by atoms with van der Waals surface area (Å²) in [7, 11) is 0. The third-order valence-corrected chi connectivity index (χ3v) is 4.71. The predicted molar refractivity (Wildman–Crippen MR) is 80.6 cm³/mol. The molecule has 20 heavy (non-hydrogen) atoms. The predicted octanol–water partition coefficient (Wildman–Crippen LogP) is 4.79. The second kappa shape index (κ2) is 9.01. The second-order valence-corrected chi connectivity index (χ2v) is 6.47. The van der Waals surface area contributed by atoms with Crippen LogP contribution in [0.5, 0.6) is 0 Å². The zero-order valence-electron chi connectivity index (χ0n) is 13.2. The molecule has 0 aromatic heterocycles. The molecule has 2 fully saturated rings. The fraction of sp³-hybridized carbons (Fsp3) is 1.00. The van der Waals surface area contributed by atoms with Gasteiger partial charge < -0.3 is 4.74 Å². The summed E-state index contributed by atoms with van der Waals surface area (Å²) in [6.07, 6.45) is 16.2. The minimum atomic E-state index is -0.0971. The average molecular weight is 284 g/mol. The van der Waals surface area contributed by atoms with E-state index in [2.05, 4.69) is 6.92 Å². The Kier molecular flexibility index (Phi) is 7.32. The quantitative estimate of drug-likeness (QED) is 0.293. The number of unbranched alkanes of at least 4 members (excludes halogenated alkanes) is 9. The average Bonchev–Trinajstić information content (AvgIpc) is 3.22. The van der Waals surface area contributed by atoms with Gasteiger partial charge in [-0.3, -0.25) is 0 Å². The second-order valence-electron chi connectivity index (χ2n) is 6.47. The Morgan fingerprint density at radius 1 is 0.900 bits per heavy atom. The molecule has 3 heteroatoms. The van der Waals surface area contributed by atoms with E-state index < -0.39 is 0 Å². The highest BCUT2D eigenvalue weighted by Gasteiger charge is 2.51. The molecular formula is C17H32O3. The van der Waals surface area contributed by atoms with Gasteiger partial charge in [-0.05, 0) is 6.42 Å². The molecular weight excluding hydrogens is 252 g/mol. The lowest BCUT2D eigenvalue weighted by Gasteiger charge is -2.23. The standard InChI is InChI=1S/C17H32O3/c1-2-3-4-5-6-7-8-9-10-11-12-17(16-15-18-16)13-14-19-20-17/h16H,2-15H2,1H3. The van der Waals surface area contributed by atoms with Crippen molar-refractivity contribution in [2.45, 2.75) is 95.7 Å². The molecule has 118 valence electrons. The first kappa shape index (κ1) is 16.3. The molecule has 2 heterocycles. The number of hydrogen-bond donors (Lipinski definition) is 0. The van der Waals surface area contributed by atoms with Crippen LogP contribution in [-0.2, 0) is 14.5 Å². The Hall–Kier alpha value is -0.120.